The van der Waals surface area contributed by atoms with Crippen LogP contribution in [0.4, 0.5) is 11.4 Å². The van der Waals surface area contributed by atoms with Crippen molar-refractivity contribution in [2.75, 3.05) is 36.7 Å². The standard InChI is InChI=1S/C10H16N2O2S/c1-14-10-7-8(3-4-9(10)11)12-5-6-15(2)13/h3-4,7,12H,5-6,11H2,1-2H3. The normalized spacial score (nSPS) is 12.1. The number of benzene rings is 1. The van der Waals surface area contributed by atoms with Gasteiger partial charge in [-0.25, -0.2) is 0 Å². The van der Waals surface area contributed by atoms with Gasteiger partial charge in [-0.2, -0.15) is 0 Å². The summed E-state index contributed by atoms with van der Waals surface area (Å²) in [5.41, 5.74) is 7.21. The topological polar surface area (TPSA) is 64.3 Å². The van der Waals surface area contributed by atoms with E-state index in [2.05, 4.69) is 5.32 Å². The van der Waals surface area contributed by atoms with Gasteiger partial charge in [-0.05, 0) is 12.1 Å². The Morgan fingerprint density at radius 3 is 2.87 bits per heavy atom. The van der Waals surface area contributed by atoms with Crippen LogP contribution in [0.1, 0.15) is 0 Å². The Labute approximate surface area is 92.3 Å². The van der Waals surface area contributed by atoms with Gasteiger partial charge in [0.2, 0.25) is 0 Å². The molecule has 0 bridgehead atoms. The maximum absolute atomic E-state index is 10.8. The smallest absolute Gasteiger partial charge is 0.143 e. The second-order valence-electron chi connectivity index (χ2n) is 3.16. The summed E-state index contributed by atoms with van der Waals surface area (Å²) >= 11 is 0. The Hall–Kier alpha value is -1.23. The molecule has 0 saturated carbocycles. The molecule has 0 aromatic heterocycles. The van der Waals surface area contributed by atoms with Gasteiger partial charge >= 0.3 is 0 Å². The summed E-state index contributed by atoms with van der Waals surface area (Å²) in [7, 11) is 0.811. The van der Waals surface area contributed by atoms with Crippen LogP contribution in [0.2, 0.25) is 0 Å². The lowest BCUT2D eigenvalue weighted by Gasteiger charge is -2.09. The third-order valence-corrected chi connectivity index (χ3v) is 2.73. The molecule has 0 fully saturated rings. The van der Waals surface area contributed by atoms with E-state index in [0.717, 1.165) is 5.69 Å². The summed E-state index contributed by atoms with van der Waals surface area (Å²) in [6, 6.07) is 5.48. The van der Waals surface area contributed by atoms with E-state index < -0.39 is 10.8 Å². The number of anilines is 2. The van der Waals surface area contributed by atoms with Crippen molar-refractivity contribution >= 4 is 22.2 Å². The second-order valence-corrected chi connectivity index (χ2v) is 4.72. The number of rotatable bonds is 5. The minimum atomic E-state index is -0.769. The van der Waals surface area contributed by atoms with Crippen LogP contribution >= 0.6 is 0 Å². The van der Waals surface area contributed by atoms with Crippen molar-refractivity contribution < 1.29 is 8.95 Å². The minimum absolute atomic E-state index is 0.613. The average Bonchev–Trinajstić information content (AvgIpc) is 2.20. The molecular weight excluding hydrogens is 212 g/mol. The molecule has 1 atom stereocenters. The van der Waals surface area contributed by atoms with Gasteiger partial charge in [0.25, 0.3) is 0 Å². The van der Waals surface area contributed by atoms with Crippen LogP contribution in [0.25, 0.3) is 0 Å². The van der Waals surface area contributed by atoms with Gasteiger partial charge in [-0.3, -0.25) is 4.21 Å². The van der Waals surface area contributed by atoms with E-state index >= 15 is 0 Å². The second kappa shape index (κ2) is 5.60. The first-order valence-corrected chi connectivity index (χ1v) is 6.33. The Kier molecular flexibility index (Phi) is 4.42. The van der Waals surface area contributed by atoms with Gasteiger partial charge < -0.3 is 15.8 Å². The van der Waals surface area contributed by atoms with Crippen molar-refractivity contribution in [3.63, 3.8) is 0 Å². The molecule has 0 radical (unpaired) electrons. The molecule has 0 aliphatic heterocycles. The predicted octanol–water partition coefficient (Wildman–Crippen LogP) is 1.07. The Bertz CT molecular complexity index is 355. The van der Waals surface area contributed by atoms with Gasteiger partial charge in [0.1, 0.15) is 5.75 Å². The molecule has 5 heteroatoms. The lowest BCUT2D eigenvalue weighted by Crippen LogP contribution is -2.09. The predicted molar refractivity (Wildman–Crippen MR) is 64.8 cm³/mol. The summed E-state index contributed by atoms with van der Waals surface area (Å²) in [6.45, 7) is 0.677. The van der Waals surface area contributed by atoms with Crippen molar-refractivity contribution in [3.8, 4) is 5.75 Å². The van der Waals surface area contributed by atoms with Crippen molar-refractivity contribution in [1.82, 2.24) is 0 Å². The number of hydrogen-bond donors (Lipinski definition) is 2. The van der Waals surface area contributed by atoms with Gasteiger partial charge in [0, 0.05) is 41.1 Å². The van der Waals surface area contributed by atoms with E-state index in [0.29, 0.717) is 23.7 Å². The SMILES string of the molecule is COc1cc(NCCS(C)=O)ccc1N. The van der Waals surface area contributed by atoms with Crippen molar-refractivity contribution in [1.29, 1.82) is 0 Å². The van der Waals surface area contributed by atoms with E-state index in [1.807, 2.05) is 12.1 Å². The zero-order valence-corrected chi connectivity index (χ0v) is 9.76. The van der Waals surface area contributed by atoms with E-state index in [1.165, 1.54) is 0 Å². The molecule has 84 valence electrons. The molecule has 0 amide bonds. The van der Waals surface area contributed by atoms with Crippen molar-refractivity contribution in [2.24, 2.45) is 0 Å². The first-order chi connectivity index (χ1) is 7.13. The van der Waals surface area contributed by atoms with Crippen LogP contribution in [0.15, 0.2) is 18.2 Å². The summed E-state index contributed by atoms with van der Waals surface area (Å²) in [5.74, 6) is 1.28. The first kappa shape index (κ1) is 11.8. The third-order valence-electron chi connectivity index (χ3n) is 1.95. The lowest BCUT2D eigenvalue weighted by molar-refractivity contribution is 0.417. The van der Waals surface area contributed by atoms with Gasteiger partial charge in [0.05, 0.1) is 12.8 Å². The van der Waals surface area contributed by atoms with Crippen molar-refractivity contribution in [3.05, 3.63) is 18.2 Å². The van der Waals surface area contributed by atoms with Gasteiger partial charge in [-0.15, -0.1) is 0 Å². The molecule has 1 aromatic carbocycles. The van der Waals surface area contributed by atoms with Gasteiger partial charge in [-0.1, -0.05) is 0 Å². The van der Waals surface area contributed by atoms with Crippen molar-refractivity contribution in [2.45, 2.75) is 0 Å². The van der Waals surface area contributed by atoms with E-state index in [1.54, 1.807) is 19.4 Å². The van der Waals surface area contributed by atoms with E-state index in [-0.39, 0.29) is 0 Å². The number of ether oxygens (including phenoxy) is 1. The molecule has 15 heavy (non-hydrogen) atoms. The molecule has 1 unspecified atom stereocenters. The molecule has 0 heterocycles. The molecule has 1 aromatic rings. The highest BCUT2D eigenvalue weighted by atomic mass is 32.2. The fourth-order valence-electron chi connectivity index (χ4n) is 1.16. The highest BCUT2D eigenvalue weighted by Crippen LogP contribution is 2.24. The van der Waals surface area contributed by atoms with Crippen LogP contribution in [-0.4, -0.2) is 29.9 Å². The first-order valence-electron chi connectivity index (χ1n) is 4.61. The quantitative estimate of drug-likeness (QED) is 0.740. The van der Waals surface area contributed by atoms with Gasteiger partial charge in [0.15, 0.2) is 0 Å². The number of nitrogen functional groups attached to an aromatic ring is 1. The maximum Gasteiger partial charge on any atom is 0.143 e. The van der Waals surface area contributed by atoms with Crippen LogP contribution in [0.5, 0.6) is 5.75 Å². The lowest BCUT2D eigenvalue weighted by atomic mass is 10.2. The summed E-state index contributed by atoms with van der Waals surface area (Å²) in [5, 5.41) is 3.15. The maximum atomic E-state index is 10.8. The summed E-state index contributed by atoms with van der Waals surface area (Å²) in [4.78, 5) is 0. The number of nitrogens with two attached hydrogens (primary N) is 1. The number of nitrogens with one attached hydrogen (secondary N) is 1. The number of methoxy groups -OCH3 is 1. The molecule has 0 aliphatic carbocycles. The fraction of sp³-hybridized carbons (Fsp3) is 0.400. The molecular formula is C10H16N2O2S. The fourth-order valence-corrected chi connectivity index (χ4v) is 1.55. The van der Waals surface area contributed by atoms with E-state index in [4.69, 9.17) is 10.5 Å². The van der Waals surface area contributed by atoms with Crippen LogP contribution in [-0.2, 0) is 10.8 Å². The Morgan fingerprint density at radius 1 is 1.53 bits per heavy atom. The molecule has 1 rings (SSSR count). The Balaban J connectivity index is 2.58. The molecule has 4 nitrogen and oxygen atoms in total. The summed E-state index contributed by atoms with van der Waals surface area (Å²) in [6.07, 6.45) is 1.69. The largest absolute Gasteiger partial charge is 0.495 e. The highest BCUT2D eigenvalue weighted by Gasteiger charge is 2.00. The average molecular weight is 228 g/mol. The number of hydrogen-bond acceptors (Lipinski definition) is 4. The van der Waals surface area contributed by atoms with Crippen LogP contribution in [0.3, 0.4) is 0 Å². The van der Waals surface area contributed by atoms with E-state index in [9.17, 15) is 4.21 Å². The zero-order valence-electron chi connectivity index (χ0n) is 8.95. The molecule has 3 N–H and O–H groups in total. The monoisotopic (exact) mass is 228 g/mol. The van der Waals surface area contributed by atoms with Crippen LogP contribution < -0.4 is 15.8 Å². The van der Waals surface area contributed by atoms with Crippen LogP contribution in [0, 0.1) is 0 Å². The molecule has 0 aliphatic rings. The molecule has 0 saturated heterocycles. The summed E-state index contributed by atoms with van der Waals surface area (Å²) < 4.78 is 15.9. The highest BCUT2D eigenvalue weighted by molar-refractivity contribution is 7.84. The zero-order chi connectivity index (χ0) is 11.3. The third kappa shape index (κ3) is 3.79. The Morgan fingerprint density at radius 2 is 2.27 bits per heavy atom. The minimum Gasteiger partial charge on any atom is -0.495 e. The molecule has 0 spiro atoms.